The van der Waals surface area contributed by atoms with Crippen molar-refractivity contribution >= 4 is 33.7 Å². The van der Waals surface area contributed by atoms with Crippen LogP contribution in [0.15, 0.2) is 53.7 Å². The third kappa shape index (κ3) is 5.24. The molecule has 0 atom stereocenters. The van der Waals surface area contributed by atoms with Crippen LogP contribution in [0.4, 0.5) is 4.79 Å². The highest BCUT2D eigenvalue weighted by Crippen LogP contribution is 2.32. The van der Waals surface area contributed by atoms with Gasteiger partial charge in [0.05, 0.1) is 34.1 Å². The average Bonchev–Trinajstić information content (AvgIpc) is 3.17. The maximum absolute atomic E-state index is 13.5. The Labute approximate surface area is 232 Å². The van der Waals surface area contributed by atoms with Gasteiger partial charge in [-0.3, -0.25) is 19.1 Å². The zero-order valence-corrected chi connectivity index (χ0v) is 23.6. The number of imidazole rings is 1. The fourth-order valence-electron chi connectivity index (χ4n) is 5.20. The van der Waals surface area contributed by atoms with Gasteiger partial charge in [-0.1, -0.05) is 12.1 Å². The van der Waals surface area contributed by atoms with Crippen LogP contribution in [0.3, 0.4) is 0 Å². The standard InChI is InChI=1S/C29H36N8O3/c1-29(2,3)40-28(39)36-12-10-20(11-13-36)37-26-21-14-18(6-8-23(21)33-16-25(26)35(5)27(37)38)19-7-9-24(32-15-19)22(30)17-34(4)31/h6-9,14-17,20H,10-13,30-31H2,1-5H3/b22-17-. The topological polar surface area (TPSA) is 138 Å². The Kier molecular flexibility index (Phi) is 7.01. The van der Waals surface area contributed by atoms with E-state index in [-0.39, 0.29) is 17.8 Å². The molecule has 0 aliphatic carbocycles. The first-order valence-corrected chi connectivity index (χ1v) is 13.3. The van der Waals surface area contributed by atoms with Crippen LogP contribution in [-0.2, 0) is 11.8 Å². The minimum Gasteiger partial charge on any atom is -0.444 e. The number of carbonyl (C=O) groups excluding carboxylic acids is 1. The largest absolute Gasteiger partial charge is 0.444 e. The number of benzene rings is 1. The predicted molar refractivity (Wildman–Crippen MR) is 156 cm³/mol. The fraction of sp³-hybridized carbons (Fsp3) is 0.379. The van der Waals surface area contributed by atoms with Crippen molar-refractivity contribution in [2.45, 2.75) is 45.3 Å². The molecule has 4 heterocycles. The van der Waals surface area contributed by atoms with E-state index in [0.29, 0.717) is 37.3 Å². The number of pyridine rings is 2. The van der Waals surface area contributed by atoms with Crippen molar-refractivity contribution in [2.75, 3.05) is 20.1 Å². The highest BCUT2D eigenvalue weighted by atomic mass is 16.6. The number of aromatic nitrogens is 4. The van der Waals surface area contributed by atoms with E-state index in [4.69, 9.17) is 16.3 Å². The van der Waals surface area contributed by atoms with Crippen molar-refractivity contribution in [1.82, 2.24) is 29.0 Å². The number of carbonyl (C=O) groups is 1. The summed E-state index contributed by atoms with van der Waals surface area (Å²) >= 11 is 0. The Hall–Kier alpha value is -4.38. The molecule has 11 nitrogen and oxygen atoms in total. The van der Waals surface area contributed by atoms with Crippen molar-refractivity contribution < 1.29 is 9.53 Å². The Bertz CT molecular complexity index is 1650. The van der Waals surface area contributed by atoms with Crippen molar-refractivity contribution in [3.8, 4) is 11.1 Å². The number of hydrogen-bond donors (Lipinski definition) is 2. The van der Waals surface area contributed by atoms with Gasteiger partial charge in [0.2, 0.25) is 0 Å². The average molecular weight is 545 g/mol. The molecular formula is C29H36N8O3. The van der Waals surface area contributed by atoms with Gasteiger partial charge in [0.1, 0.15) is 5.60 Å². The predicted octanol–water partition coefficient (Wildman–Crippen LogP) is 3.58. The Morgan fingerprint density at radius 1 is 1.10 bits per heavy atom. The highest BCUT2D eigenvalue weighted by Gasteiger charge is 2.30. The Morgan fingerprint density at radius 2 is 1.80 bits per heavy atom. The molecule has 4 aromatic rings. The smallest absolute Gasteiger partial charge is 0.410 e. The first-order valence-electron chi connectivity index (χ1n) is 13.3. The lowest BCUT2D eigenvalue weighted by Gasteiger charge is -2.33. The van der Waals surface area contributed by atoms with Gasteiger partial charge in [0, 0.05) is 56.6 Å². The first-order chi connectivity index (χ1) is 18.9. The van der Waals surface area contributed by atoms with E-state index in [1.54, 1.807) is 42.2 Å². The van der Waals surface area contributed by atoms with Gasteiger partial charge in [-0.25, -0.2) is 15.4 Å². The molecule has 1 aliphatic heterocycles. The molecule has 0 saturated carbocycles. The van der Waals surface area contributed by atoms with Crippen LogP contribution in [0.25, 0.3) is 38.8 Å². The number of likely N-dealkylation sites (tertiary alicyclic amines) is 1. The number of ether oxygens (including phenoxy) is 1. The Morgan fingerprint density at radius 3 is 2.42 bits per heavy atom. The molecule has 1 saturated heterocycles. The van der Waals surface area contributed by atoms with Crippen LogP contribution >= 0.6 is 0 Å². The molecule has 0 spiro atoms. The quantitative estimate of drug-likeness (QED) is 0.294. The fourth-order valence-corrected chi connectivity index (χ4v) is 5.20. The Balaban J connectivity index is 1.51. The summed E-state index contributed by atoms with van der Waals surface area (Å²) in [6.45, 7) is 6.62. The molecule has 4 N–H and O–H groups in total. The van der Waals surface area contributed by atoms with Crippen LogP contribution in [0, 0.1) is 0 Å². The van der Waals surface area contributed by atoms with E-state index in [2.05, 4.69) is 16.0 Å². The summed E-state index contributed by atoms with van der Waals surface area (Å²) in [5.41, 5.74) is 10.8. The lowest BCUT2D eigenvalue weighted by molar-refractivity contribution is 0.0188. The van der Waals surface area contributed by atoms with Gasteiger partial charge >= 0.3 is 11.8 Å². The normalized spacial score (nSPS) is 15.2. The van der Waals surface area contributed by atoms with Gasteiger partial charge in [-0.15, -0.1) is 0 Å². The summed E-state index contributed by atoms with van der Waals surface area (Å²) in [5, 5.41) is 2.27. The second-order valence-electron chi connectivity index (χ2n) is 11.3. The lowest BCUT2D eigenvalue weighted by Crippen LogP contribution is -2.43. The molecule has 0 radical (unpaired) electrons. The van der Waals surface area contributed by atoms with Crippen LogP contribution in [0.2, 0.25) is 0 Å². The number of rotatable bonds is 4. The van der Waals surface area contributed by atoms with Gasteiger partial charge in [-0.2, -0.15) is 0 Å². The molecule has 5 rings (SSSR count). The van der Waals surface area contributed by atoms with Crippen LogP contribution in [0.1, 0.15) is 45.3 Å². The molecule has 1 fully saturated rings. The van der Waals surface area contributed by atoms with Gasteiger partial charge in [-0.05, 0) is 57.4 Å². The van der Waals surface area contributed by atoms with Crippen molar-refractivity contribution in [2.24, 2.45) is 18.6 Å². The highest BCUT2D eigenvalue weighted by molar-refractivity contribution is 6.04. The minimum absolute atomic E-state index is 0.0551. The van der Waals surface area contributed by atoms with Crippen molar-refractivity contribution in [1.29, 1.82) is 0 Å². The molecule has 3 aromatic heterocycles. The zero-order valence-electron chi connectivity index (χ0n) is 23.6. The van der Waals surface area contributed by atoms with E-state index in [9.17, 15) is 9.59 Å². The summed E-state index contributed by atoms with van der Waals surface area (Å²) in [4.78, 5) is 37.0. The summed E-state index contributed by atoms with van der Waals surface area (Å²) in [5.74, 6) is 5.66. The van der Waals surface area contributed by atoms with Gasteiger partial charge in [0.25, 0.3) is 0 Å². The van der Waals surface area contributed by atoms with Crippen LogP contribution in [-0.4, -0.2) is 60.8 Å². The third-order valence-electron chi connectivity index (χ3n) is 7.13. The summed E-state index contributed by atoms with van der Waals surface area (Å²) in [7, 11) is 3.46. The van der Waals surface area contributed by atoms with Crippen LogP contribution in [0.5, 0.6) is 0 Å². The molecule has 40 heavy (non-hydrogen) atoms. The van der Waals surface area contributed by atoms with Gasteiger partial charge in [0.15, 0.2) is 0 Å². The second-order valence-corrected chi connectivity index (χ2v) is 11.3. The zero-order chi connectivity index (χ0) is 28.8. The first kappa shape index (κ1) is 27.2. The van der Waals surface area contributed by atoms with E-state index in [1.165, 1.54) is 5.01 Å². The summed E-state index contributed by atoms with van der Waals surface area (Å²) < 4.78 is 9.08. The lowest BCUT2D eigenvalue weighted by atomic mass is 10.0. The maximum Gasteiger partial charge on any atom is 0.410 e. The molecule has 1 aliphatic rings. The number of fused-ring (bicyclic) bond motifs is 3. The monoisotopic (exact) mass is 544 g/mol. The number of nitrogens with two attached hydrogens (primary N) is 2. The number of piperidine rings is 1. The number of hydrogen-bond acceptors (Lipinski definition) is 8. The summed E-state index contributed by atoms with van der Waals surface area (Å²) in [6, 6.07) is 9.77. The van der Waals surface area contributed by atoms with Crippen LogP contribution < -0.4 is 17.3 Å². The number of hydrazine groups is 1. The molecule has 11 heteroatoms. The summed E-state index contributed by atoms with van der Waals surface area (Å²) in [6.07, 6.45) is 6.12. The molecule has 1 amide bonds. The SMILES string of the molecule is CN(N)/C=C(\N)c1ccc(-c2ccc3ncc4c(c3c2)n(C2CCN(C(=O)OC(C)(C)C)CC2)c(=O)n4C)cn1. The van der Waals surface area contributed by atoms with Crippen molar-refractivity contribution in [3.63, 3.8) is 0 Å². The van der Waals surface area contributed by atoms with E-state index in [1.807, 2.05) is 49.6 Å². The molecule has 210 valence electrons. The van der Waals surface area contributed by atoms with E-state index >= 15 is 0 Å². The van der Waals surface area contributed by atoms with E-state index < -0.39 is 5.60 Å². The molecular weight excluding hydrogens is 508 g/mol. The molecule has 0 unspecified atom stereocenters. The van der Waals surface area contributed by atoms with Crippen molar-refractivity contribution in [3.05, 3.63) is 65.1 Å². The minimum atomic E-state index is -0.551. The maximum atomic E-state index is 13.5. The molecule has 1 aromatic carbocycles. The number of nitrogens with zero attached hydrogens (tertiary/aromatic N) is 6. The third-order valence-corrected chi connectivity index (χ3v) is 7.13. The number of amides is 1. The molecule has 0 bridgehead atoms. The van der Waals surface area contributed by atoms with Gasteiger partial charge < -0.3 is 20.4 Å². The van der Waals surface area contributed by atoms with E-state index in [0.717, 1.165) is 33.1 Å². The second kappa shape index (κ2) is 10.3. The number of aryl methyl sites for hydroxylation is 1.